The predicted octanol–water partition coefficient (Wildman–Crippen LogP) is 2.39. The lowest BCUT2D eigenvalue weighted by atomic mass is 10.0. The van der Waals surface area contributed by atoms with E-state index in [-0.39, 0.29) is 17.8 Å². The number of aromatic nitrogens is 3. The largest absolute Gasteiger partial charge is 0.342 e. The van der Waals surface area contributed by atoms with E-state index in [9.17, 15) is 9.18 Å². The first-order valence-electron chi connectivity index (χ1n) is 9.15. The number of rotatable bonds is 5. The monoisotopic (exact) mass is 359 g/mol. The van der Waals surface area contributed by atoms with Crippen molar-refractivity contribution in [1.82, 2.24) is 25.4 Å². The summed E-state index contributed by atoms with van der Waals surface area (Å²) in [5, 5.41) is 15.1. The smallest absolute Gasteiger partial charge is 0.251 e. The third-order valence-corrected chi connectivity index (χ3v) is 4.64. The maximum atomic E-state index is 13.5. The fraction of sp³-hybridized carbons (Fsp3) is 0.526. The van der Waals surface area contributed by atoms with Crippen LogP contribution in [-0.4, -0.2) is 33.8 Å². The third-order valence-electron chi connectivity index (χ3n) is 4.64. The van der Waals surface area contributed by atoms with E-state index in [2.05, 4.69) is 39.2 Å². The summed E-state index contributed by atoms with van der Waals surface area (Å²) in [5.74, 6) is 1.60. The van der Waals surface area contributed by atoms with E-state index in [0.29, 0.717) is 17.0 Å². The standard InChI is InChI=1S/C19H26FN5O/c1-12(2)10-16(18-24-23-17-6-7-21-8-9-25(17)18)22-19(26)14-4-5-15(20)13(3)11-14/h4-5,11-12,16,21H,6-10H2,1-3H3,(H,22,26)/t16-/m0/s1. The number of aryl methyl sites for hydroxylation is 1. The van der Waals surface area contributed by atoms with Crippen molar-refractivity contribution < 1.29 is 9.18 Å². The molecule has 2 aromatic rings. The lowest BCUT2D eigenvalue weighted by Crippen LogP contribution is -2.32. The van der Waals surface area contributed by atoms with Crippen molar-refractivity contribution in [2.45, 2.75) is 46.2 Å². The number of benzene rings is 1. The molecule has 3 rings (SSSR count). The van der Waals surface area contributed by atoms with Crippen molar-refractivity contribution >= 4 is 5.91 Å². The summed E-state index contributed by atoms with van der Waals surface area (Å²) in [5.41, 5.74) is 0.912. The minimum atomic E-state index is -0.310. The highest BCUT2D eigenvalue weighted by Crippen LogP contribution is 2.22. The molecule has 0 fully saturated rings. The van der Waals surface area contributed by atoms with Crippen LogP contribution in [0.5, 0.6) is 0 Å². The minimum Gasteiger partial charge on any atom is -0.342 e. The number of carbonyl (C=O) groups is 1. The van der Waals surface area contributed by atoms with Gasteiger partial charge in [0.25, 0.3) is 5.91 Å². The maximum Gasteiger partial charge on any atom is 0.251 e. The lowest BCUT2D eigenvalue weighted by Gasteiger charge is -2.21. The van der Waals surface area contributed by atoms with Gasteiger partial charge in [-0.25, -0.2) is 4.39 Å². The van der Waals surface area contributed by atoms with E-state index >= 15 is 0 Å². The number of fused-ring (bicyclic) bond motifs is 1. The highest BCUT2D eigenvalue weighted by Gasteiger charge is 2.25. The minimum absolute atomic E-state index is 0.220. The molecule has 140 valence electrons. The van der Waals surface area contributed by atoms with Crippen molar-refractivity contribution in [1.29, 1.82) is 0 Å². The molecular weight excluding hydrogens is 333 g/mol. The molecule has 26 heavy (non-hydrogen) atoms. The van der Waals surface area contributed by atoms with Crippen LogP contribution < -0.4 is 10.6 Å². The molecule has 1 aromatic carbocycles. The second-order valence-corrected chi connectivity index (χ2v) is 7.25. The summed E-state index contributed by atoms with van der Waals surface area (Å²) in [6, 6.07) is 4.19. The molecule has 0 saturated heterocycles. The summed E-state index contributed by atoms with van der Waals surface area (Å²) in [6.45, 7) is 8.41. The summed E-state index contributed by atoms with van der Waals surface area (Å²) in [4.78, 5) is 12.7. The van der Waals surface area contributed by atoms with Crippen molar-refractivity contribution in [2.24, 2.45) is 5.92 Å². The molecule has 1 amide bonds. The molecule has 1 aliphatic rings. The molecule has 0 spiro atoms. The van der Waals surface area contributed by atoms with E-state index < -0.39 is 0 Å². The average molecular weight is 359 g/mol. The Hall–Kier alpha value is -2.28. The van der Waals surface area contributed by atoms with E-state index in [4.69, 9.17) is 0 Å². The van der Waals surface area contributed by atoms with Gasteiger partial charge < -0.3 is 15.2 Å². The van der Waals surface area contributed by atoms with Crippen LogP contribution in [0.15, 0.2) is 18.2 Å². The molecule has 2 heterocycles. The van der Waals surface area contributed by atoms with E-state index in [1.165, 1.54) is 12.1 Å². The van der Waals surface area contributed by atoms with E-state index in [1.807, 2.05) is 0 Å². The Labute approximate surface area is 153 Å². The predicted molar refractivity (Wildman–Crippen MR) is 97.4 cm³/mol. The topological polar surface area (TPSA) is 71.8 Å². The van der Waals surface area contributed by atoms with Crippen molar-refractivity contribution in [2.75, 3.05) is 13.1 Å². The van der Waals surface area contributed by atoms with Crippen LogP contribution in [0.3, 0.4) is 0 Å². The Morgan fingerprint density at radius 3 is 2.88 bits per heavy atom. The molecule has 0 saturated carbocycles. The van der Waals surface area contributed by atoms with Gasteiger partial charge in [-0.15, -0.1) is 10.2 Å². The van der Waals surface area contributed by atoms with Gasteiger partial charge in [-0.2, -0.15) is 0 Å². The van der Waals surface area contributed by atoms with Gasteiger partial charge in [0.15, 0.2) is 5.82 Å². The summed E-state index contributed by atoms with van der Waals surface area (Å²) in [6.07, 6.45) is 1.59. The van der Waals surface area contributed by atoms with Crippen LogP contribution in [0.4, 0.5) is 4.39 Å². The highest BCUT2D eigenvalue weighted by molar-refractivity contribution is 5.94. The number of nitrogens with one attached hydrogen (secondary N) is 2. The maximum absolute atomic E-state index is 13.5. The van der Waals surface area contributed by atoms with Crippen LogP contribution in [-0.2, 0) is 13.0 Å². The number of hydrogen-bond donors (Lipinski definition) is 2. The van der Waals surface area contributed by atoms with Gasteiger partial charge in [0.2, 0.25) is 0 Å². The van der Waals surface area contributed by atoms with Crippen molar-refractivity contribution in [3.8, 4) is 0 Å². The highest BCUT2D eigenvalue weighted by atomic mass is 19.1. The summed E-state index contributed by atoms with van der Waals surface area (Å²) < 4.78 is 15.6. The van der Waals surface area contributed by atoms with Gasteiger partial charge in [0.1, 0.15) is 11.6 Å². The number of carbonyl (C=O) groups excluding carboxylic acids is 1. The third kappa shape index (κ3) is 4.09. The zero-order valence-electron chi connectivity index (χ0n) is 15.6. The molecule has 0 aliphatic carbocycles. The first kappa shape index (κ1) is 18.5. The molecule has 6 nitrogen and oxygen atoms in total. The Morgan fingerprint density at radius 1 is 1.35 bits per heavy atom. The van der Waals surface area contributed by atoms with Gasteiger partial charge >= 0.3 is 0 Å². The first-order valence-corrected chi connectivity index (χ1v) is 9.15. The Bertz CT molecular complexity index is 786. The number of amides is 1. The van der Waals surface area contributed by atoms with E-state index in [0.717, 1.165) is 44.1 Å². The Balaban J connectivity index is 1.85. The zero-order chi connectivity index (χ0) is 18.7. The Morgan fingerprint density at radius 2 is 2.15 bits per heavy atom. The first-order chi connectivity index (χ1) is 12.5. The SMILES string of the molecule is Cc1cc(C(=O)N[C@@H](CC(C)C)c2nnc3n2CCNCC3)ccc1F. The molecule has 1 aromatic heterocycles. The molecule has 0 unspecified atom stereocenters. The van der Waals surface area contributed by atoms with Gasteiger partial charge in [-0.3, -0.25) is 4.79 Å². The van der Waals surface area contributed by atoms with Gasteiger partial charge in [0, 0.05) is 31.6 Å². The normalized spacial score (nSPS) is 15.4. The molecule has 1 aliphatic heterocycles. The average Bonchev–Trinajstić information content (AvgIpc) is 2.84. The van der Waals surface area contributed by atoms with Crippen LogP contribution in [0.25, 0.3) is 0 Å². The molecule has 0 radical (unpaired) electrons. The van der Waals surface area contributed by atoms with E-state index in [1.54, 1.807) is 13.0 Å². The molecule has 0 bridgehead atoms. The quantitative estimate of drug-likeness (QED) is 0.860. The number of hydrogen-bond acceptors (Lipinski definition) is 4. The second kappa shape index (κ2) is 7.95. The van der Waals surface area contributed by atoms with Crippen LogP contribution in [0, 0.1) is 18.7 Å². The van der Waals surface area contributed by atoms with Gasteiger partial charge in [0.05, 0.1) is 6.04 Å². The number of nitrogens with zero attached hydrogens (tertiary/aromatic N) is 3. The van der Waals surface area contributed by atoms with Gasteiger partial charge in [-0.05, 0) is 43.0 Å². The van der Waals surface area contributed by atoms with Crippen LogP contribution >= 0.6 is 0 Å². The van der Waals surface area contributed by atoms with Crippen LogP contribution in [0.1, 0.15) is 53.9 Å². The molecular formula is C19H26FN5O. The van der Waals surface area contributed by atoms with Crippen molar-refractivity contribution in [3.05, 3.63) is 46.8 Å². The number of halogens is 1. The molecule has 7 heteroatoms. The Kier molecular flexibility index (Phi) is 5.66. The fourth-order valence-electron chi connectivity index (χ4n) is 3.28. The molecule has 2 N–H and O–H groups in total. The molecule has 1 atom stereocenters. The second-order valence-electron chi connectivity index (χ2n) is 7.25. The lowest BCUT2D eigenvalue weighted by molar-refractivity contribution is 0.0928. The summed E-state index contributed by atoms with van der Waals surface area (Å²) in [7, 11) is 0. The fourth-order valence-corrected chi connectivity index (χ4v) is 3.28. The summed E-state index contributed by atoms with van der Waals surface area (Å²) >= 11 is 0. The zero-order valence-corrected chi connectivity index (χ0v) is 15.6. The van der Waals surface area contributed by atoms with Gasteiger partial charge in [-0.1, -0.05) is 13.8 Å². The van der Waals surface area contributed by atoms with Crippen LogP contribution in [0.2, 0.25) is 0 Å². The van der Waals surface area contributed by atoms with Crippen molar-refractivity contribution in [3.63, 3.8) is 0 Å².